The highest BCUT2D eigenvalue weighted by Gasteiger charge is 2.26. The van der Waals surface area contributed by atoms with Crippen molar-refractivity contribution >= 4 is 31.9 Å². The van der Waals surface area contributed by atoms with Crippen LogP contribution in [0.25, 0.3) is 0 Å². The molecule has 0 amide bonds. The highest BCUT2D eigenvalue weighted by Crippen LogP contribution is 2.28. The van der Waals surface area contributed by atoms with Gasteiger partial charge in [0.05, 0.1) is 0 Å². The van der Waals surface area contributed by atoms with Crippen LogP contribution in [0.4, 0.5) is 13.2 Å². The first kappa shape index (κ1) is 15.0. The third-order valence-electron chi connectivity index (χ3n) is 2.29. The number of hydrogen-bond donors (Lipinski definition) is 1. The van der Waals surface area contributed by atoms with Crippen LogP contribution in [0, 0.1) is 0 Å². The molecule has 2 N–H and O–H groups in total. The minimum atomic E-state index is -4.10. The zero-order chi connectivity index (χ0) is 13.1. The summed E-state index contributed by atoms with van der Waals surface area (Å²) >= 11 is 6.63. The molecule has 0 saturated carbocycles. The number of halogens is 5. The van der Waals surface area contributed by atoms with Crippen molar-refractivity contribution in [2.24, 2.45) is 5.73 Å². The SMILES string of the molecule is NC(CCCC(F)(F)F)c1cc(Br)cc(Br)c1. The maximum atomic E-state index is 12.0. The number of rotatable bonds is 4. The van der Waals surface area contributed by atoms with E-state index in [1.165, 1.54) is 0 Å². The van der Waals surface area contributed by atoms with Gasteiger partial charge in [-0.1, -0.05) is 31.9 Å². The smallest absolute Gasteiger partial charge is 0.324 e. The lowest BCUT2D eigenvalue weighted by molar-refractivity contribution is -0.135. The second-order valence-corrected chi connectivity index (χ2v) is 5.65. The molecule has 96 valence electrons. The Morgan fingerprint density at radius 2 is 1.65 bits per heavy atom. The van der Waals surface area contributed by atoms with Crippen molar-refractivity contribution in [3.63, 3.8) is 0 Å². The molecule has 6 heteroatoms. The third-order valence-corrected chi connectivity index (χ3v) is 3.20. The van der Waals surface area contributed by atoms with E-state index < -0.39 is 12.6 Å². The first-order valence-corrected chi connectivity index (χ1v) is 6.65. The first-order chi connectivity index (χ1) is 7.78. The molecule has 1 rings (SSSR count). The predicted molar refractivity (Wildman–Crippen MR) is 68.7 cm³/mol. The molecular formula is C11H12Br2F3N. The predicted octanol–water partition coefficient (Wildman–Crippen LogP) is 4.94. The lowest BCUT2D eigenvalue weighted by Crippen LogP contribution is -2.13. The summed E-state index contributed by atoms with van der Waals surface area (Å²) in [5, 5.41) is 0. The summed E-state index contributed by atoms with van der Waals surface area (Å²) in [6.45, 7) is 0. The van der Waals surface area contributed by atoms with E-state index in [4.69, 9.17) is 5.73 Å². The van der Waals surface area contributed by atoms with E-state index in [0.29, 0.717) is 6.42 Å². The summed E-state index contributed by atoms with van der Waals surface area (Å²) in [6, 6.07) is 5.13. The molecule has 1 nitrogen and oxygen atoms in total. The van der Waals surface area contributed by atoms with Crippen molar-refractivity contribution < 1.29 is 13.2 Å². The summed E-state index contributed by atoms with van der Waals surface area (Å²) in [7, 11) is 0. The highest BCUT2D eigenvalue weighted by molar-refractivity contribution is 9.11. The van der Waals surface area contributed by atoms with Gasteiger partial charge in [0.15, 0.2) is 0 Å². The minimum Gasteiger partial charge on any atom is -0.324 e. The van der Waals surface area contributed by atoms with Crippen LogP contribution in [-0.2, 0) is 0 Å². The van der Waals surface area contributed by atoms with Gasteiger partial charge in [0, 0.05) is 21.4 Å². The fourth-order valence-electron chi connectivity index (χ4n) is 1.48. The molecule has 0 aliphatic rings. The molecule has 0 aliphatic heterocycles. The second kappa shape index (κ2) is 6.20. The normalized spacial score (nSPS) is 13.8. The molecule has 0 bridgehead atoms. The molecule has 0 saturated heterocycles. The van der Waals surface area contributed by atoms with Crippen molar-refractivity contribution in [1.29, 1.82) is 0 Å². The molecule has 1 aromatic rings. The third kappa shape index (κ3) is 5.88. The Morgan fingerprint density at radius 3 is 2.12 bits per heavy atom. The van der Waals surface area contributed by atoms with Crippen LogP contribution in [0.5, 0.6) is 0 Å². The molecule has 0 fully saturated rings. The van der Waals surface area contributed by atoms with Crippen molar-refractivity contribution in [2.45, 2.75) is 31.5 Å². The summed E-state index contributed by atoms with van der Waals surface area (Å²) in [5.74, 6) is 0. The van der Waals surface area contributed by atoms with Crippen LogP contribution >= 0.6 is 31.9 Å². The standard InChI is InChI=1S/C11H12Br2F3N/c12-8-4-7(5-9(13)6-8)10(17)2-1-3-11(14,15)16/h4-6,10H,1-3,17H2. The van der Waals surface area contributed by atoms with E-state index in [1.54, 1.807) is 0 Å². The molecule has 17 heavy (non-hydrogen) atoms. The molecular weight excluding hydrogens is 363 g/mol. The zero-order valence-corrected chi connectivity index (χ0v) is 12.1. The average Bonchev–Trinajstić information content (AvgIpc) is 2.13. The highest BCUT2D eigenvalue weighted by atomic mass is 79.9. The molecule has 0 heterocycles. The summed E-state index contributed by atoms with van der Waals surface area (Å²) in [4.78, 5) is 0. The van der Waals surface area contributed by atoms with Crippen molar-refractivity contribution in [3.05, 3.63) is 32.7 Å². The van der Waals surface area contributed by atoms with E-state index in [9.17, 15) is 13.2 Å². The van der Waals surface area contributed by atoms with Crippen molar-refractivity contribution in [1.82, 2.24) is 0 Å². The van der Waals surface area contributed by atoms with Gasteiger partial charge in [0.25, 0.3) is 0 Å². The van der Waals surface area contributed by atoms with E-state index >= 15 is 0 Å². The van der Waals surface area contributed by atoms with Gasteiger partial charge in [-0.3, -0.25) is 0 Å². The Morgan fingerprint density at radius 1 is 1.12 bits per heavy atom. The summed E-state index contributed by atoms with van der Waals surface area (Å²) in [6.07, 6.45) is -4.51. The molecule has 0 aromatic heterocycles. The van der Waals surface area contributed by atoms with Gasteiger partial charge in [-0.05, 0) is 36.6 Å². The Balaban J connectivity index is 2.55. The second-order valence-electron chi connectivity index (χ2n) is 3.82. The number of nitrogens with two attached hydrogens (primary N) is 1. The first-order valence-electron chi connectivity index (χ1n) is 5.06. The van der Waals surface area contributed by atoms with E-state index in [0.717, 1.165) is 14.5 Å². The van der Waals surface area contributed by atoms with E-state index in [-0.39, 0.29) is 12.5 Å². The van der Waals surface area contributed by atoms with Gasteiger partial charge in [0.1, 0.15) is 0 Å². The van der Waals surface area contributed by atoms with Crippen LogP contribution in [0.1, 0.15) is 30.9 Å². The topological polar surface area (TPSA) is 26.0 Å². The lowest BCUT2D eigenvalue weighted by atomic mass is 10.0. The molecule has 0 aliphatic carbocycles. The summed E-state index contributed by atoms with van der Waals surface area (Å²) in [5.41, 5.74) is 6.68. The van der Waals surface area contributed by atoms with Crippen LogP contribution in [0.2, 0.25) is 0 Å². The fourth-order valence-corrected chi connectivity index (χ4v) is 2.81. The zero-order valence-electron chi connectivity index (χ0n) is 8.90. The Kier molecular flexibility index (Phi) is 5.47. The van der Waals surface area contributed by atoms with Gasteiger partial charge >= 0.3 is 6.18 Å². The van der Waals surface area contributed by atoms with Gasteiger partial charge in [0.2, 0.25) is 0 Å². The Labute approximate surface area is 115 Å². The quantitative estimate of drug-likeness (QED) is 0.793. The van der Waals surface area contributed by atoms with Crippen molar-refractivity contribution in [2.75, 3.05) is 0 Å². The largest absolute Gasteiger partial charge is 0.389 e. The number of benzene rings is 1. The molecule has 0 radical (unpaired) electrons. The summed E-state index contributed by atoms with van der Waals surface area (Å²) < 4.78 is 37.7. The van der Waals surface area contributed by atoms with Crippen LogP contribution < -0.4 is 5.73 Å². The fraction of sp³-hybridized carbons (Fsp3) is 0.455. The number of alkyl halides is 3. The molecule has 0 spiro atoms. The van der Waals surface area contributed by atoms with Gasteiger partial charge in [-0.25, -0.2) is 0 Å². The van der Waals surface area contributed by atoms with Crippen LogP contribution in [-0.4, -0.2) is 6.18 Å². The van der Waals surface area contributed by atoms with Gasteiger partial charge < -0.3 is 5.73 Å². The maximum Gasteiger partial charge on any atom is 0.389 e. The van der Waals surface area contributed by atoms with Gasteiger partial charge in [-0.15, -0.1) is 0 Å². The average molecular weight is 375 g/mol. The number of hydrogen-bond acceptors (Lipinski definition) is 1. The van der Waals surface area contributed by atoms with Gasteiger partial charge in [-0.2, -0.15) is 13.2 Å². The van der Waals surface area contributed by atoms with E-state index in [1.807, 2.05) is 18.2 Å². The molecule has 1 unspecified atom stereocenters. The maximum absolute atomic E-state index is 12.0. The Hall–Kier alpha value is -0.0700. The van der Waals surface area contributed by atoms with Crippen molar-refractivity contribution in [3.8, 4) is 0 Å². The van der Waals surface area contributed by atoms with Crippen LogP contribution in [0.15, 0.2) is 27.1 Å². The molecule has 1 aromatic carbocycles. The lowest BCUT2D eigenvalue weighted by Gasteiger charge is -2.13. The Bertz CT molecular complexity index is 359. The van der Waals surface area contributed by atoms with E-state index in [2.05, 4.69) is 31.9 Å². The minimum absolute atomic E-state index is 0.0504. The monoisotopic (exact) mass is 373 g/mol. The molecule has 1 atom stereocenters. The van der Waals surface area contributed by atoms with Crippen LogP contribution in [0.3, 0.4) is 0 Å².